The molecular weight excluding hydrogens is 899 g/mol. The van der Waals surface area contributed by atoms with Crippen LogP contribution in [0.5, 0.6) is 0 Å². The average Bonchev–Trinajstić information content (AvgIpc) is 3.14. The standard InChI is InChI=1S/2C18H33P.2CHF3O3S.Pd/c2*1-4-10-16(11-5-1)19(17-12-6-2-7-13-17)18-14-8-3-9-15-18;2*2-1(3,4)8(5,6)7;/h2*16-18H,1-15H2;2*(H,5,6,7);/q;;;;+2/p-2. The van der Waals surface area contributed by atoms with Crippen LogP contribution in [0.2, 0.25) is 0 Å². The van der Waals surface area contributed by atoms with Crippen LogP contribution in [0.1, 0.15) is 193 Å². The van der Waals surface area contributed by atoms with E-state index in [-0.39, 0.29) is 20.4 Å². The van der Waals surface area contributed by atoms with Gasteiger partial charge in [0.2, 0.25) is 0 Å². The van der Waals surface area contributed by atoms with Crippen LogP contribution in [0.3, 0.4) is 0 Å². The maximum absolute atomic E-state index is 10.7. The molecule has 0 unspecified atom stereocenters. The van der Waals surface area contributed by atoms with Crippen LogP contribution in [0.4, 0.5) is 26.3 Å². The van der Waals surface area contributed by atoms with Gasteiger partial charge in [0.05, 0.1) is 0 Å². The van der Waals surface area contributed by atoms with Crippen molar-refractivity contribution >= 4 is 36.1 Å². The number of hydrogen-bond acceptors (Lipinski definition) is 6. The molecule has 17 heteroatoms. The number of halogens is 6. The van der Waals surface area contributed by atoms with E-state index in [1.165, 1.54) is 72.5 Å². The third-order valence-electron chi connectivity index (χ3n) is 12.5. The molecule has 0 saturated heterocycles. The van der Waals surface area contributed by atoms with Crippen LogP contribution in [-0.4, -0.2) is 70.9 Å². The Kier molecular flexibility index (Phi) is 24.3. The third-order valence-corrected chi connectivity index (χ3v) is 21.8. The zero-order valence-corrected chi connectivity index (χ0v) is 37.4. The first-order valence-corrected chi connectivity index (χ1v) is 26.9. The van der Waals surface area contributed by atoms with E-state index in [2.05, 4.69) is 0 Å². The Morgan fingerprint density at radius 1 is 0.327 bits per heavy atom. The van der Waals surface area contributed by atoms with E-state index in [0.29, 0.717) is 15.8 Å². The molecule has 55 heavy (non-hydrogen) atoms. The predicted octanol–water partition coefficient (Wildman–Crippen LogP) is 13.0. The van der Waals surface area contributed by atoms with Gasteiger partial charge in [-0.05, 0) is 111 Å². The Bertz CT molecular complexity index is 1060. The van der Waals surface area contributed by atoms with E-state index < -0.39 is 31.3 Å². The maximum Gasteiger partial charge on any atom is 2.00 e. The van der Waals surface area contributed by atoms with Crippen LogP contribution in [0.15, 0.2) is 0 Å². The molecule has 0 radical (unpaired) electrons. The van der Waals surface area contributed by atoms with Crippen molar-refractivity contribution in [1.82, 2.24) is 0 Å². The molecule has 6 fully saturated rings. The van der Waals surface area contributed by atoms with Crippen molar-refractivity contribution in [3.8, 4) is 0 Å². The molecule has 0 N–H and O–H groups in total. The van der Waals surface area contributed by atoms with Crippen molar-refractivity contribution in [2.45, 2.75) is 238 Å². The summed E-state index contributed by atoms with van der Waals surface area (Å²) in [5, 5.41) is 0. The molecule has 0 heterocycles. The molecule has 0 aromatic heterocycles. The van der Waals surface area contributed by atoms with Gasteiger partial charge in [0, 0.05) is 0 Å². The van der Waals surface area contributed by atoms with Gasteiger partial charge in [-0.15, -0.1) is 0 Å². The first kappa shape index (κ1) is 52.1. The summed E-state index contributed by atoms with van der Waals surface area (Å²) in [5.41, 5.74) is -4.15. The topological polar surface area (TPSA) is 114 Å². The fourth-order valence-corrected chi connectivity index (χ4v) is 19.4. The first-order chi connectivity index (χ1) is 25.4. The van der Waals surface area contributed by atoms with Crippen LogP contribution in [-0.2, 0) is 40.7 Å². The summed E-state index contributed by atoms with van der Waals surface area (Å²) >= 11 is 0. The summed E-state index contributed by atoms with van der Waals surface area (Å²) in [7, 11) is -11.4. The molecular formula is C38H66F6O6P2PdS2. The van der Waals surface area contributed by atoms with Crippen molar-refractivity contribution in [2.24, 2.45) is 0 Å². The minimum absolute atomic E-state index is 0. The van der Waals surface area contributed by atoms with Gasteiger partial charge in [0.1, 0.15) is 0 Å². The Hall–Kier alpha value is 0.922. The van der Waals surface area contributed by atoms with Crippen LogP contribution < -0.4 is 0 Å². The normalized spacial score (nSPS) is 24.0. The second-order valence-corrected chi connectivity index (χ2v) is 25.4. The zero-order valence-electron chi connectivity index (χ0n) is 32.4. The van der Waals surface area contributed by atoms with E-state index in [9.17, 15) is 26.3 Å². The van der Waals surface area contributed by atoms with Gasteiger partial charge in [0.15, 0.2) is 20.2 Å². The molecule has 6 saturated carbocycles. The smallest absolute Gasteiger partial charge is 0.741 e. The van der Waals surface area contributed by atoms with Gasteiger partial charge in [-0.2, -0.15) is 26.3 Å². The molecule has 328 valence electrons. The maximum atomic E-state index is 10.7. The van der Waals surface area contributed by atoms with Crippen molar-refractivity contribution < 1.29 is 72.7 Å². The molecule has 6 aliphatic carbocycles. The van der Waals surface area contributed by atoms with Gasteiger partial charge in [-0.3, -0.25) is 0 Å². The Morgan fingerprint density at radius 2 is 0.436 bits per heavy atom. The third kappa shape index (κ3) is 18.6. The number of rotatable bonds is 6. The Morgan fingerprint density at radius 3 is 0.527 bits per heavy atom. The van der Waals surface area contributed by atoms with Crippen molar-refractivity contribution in [2.75, 3.05) is 0 Å². The van der Waals surface area contributed by atoms with Gasteiger partial charge in [0.25, 0.3) is 0 Å². The Labute approximate surface area is 344 Å². The van der Waals surface area contributed by atoms with Gasteiger partial charge >= 0.3 is 31.4 Å². The zero-order chi connectivity index (χ0) is 39.8. The van der Waals surface area contributed by atoms with Crippen LogP contribution in [0, 0.1) is 0 Å². The summed E-state index contributed by atoms with van der Waals surface area (Å²) < 4.78 is 118. The summed E-state index contributed by atoms with van der Waals surface area (Å²) in [5.74, 6) is 0. The van der Waals surface area contributed by atoms with Gasteiger partial charge in [-0.1, -0.05) is 131 Å². The second-order valence-electron chi connectivity index (χ2n) is 16.4. The summed E-state index contributed by atoms with van der Waals surface area (Å²) in [4.78, 5) is 0. The van der Waals surface area contributed by atoms with Crippen LogP contribution >= 0.6 is 15.8 Å². The fourth-order valence-electron chi connectivity index (χ4n) is 10.1. The van der Waals surface area contributed by atoms with Crippen molar-refractivity contribution in [3.05, 3.63) is 0 Å². The predicted molar refractivity (Wildman–Crippen MR) is 207 cm³/mol. The van der Waals surface area contributed by atoms with E-state index in [1.807, 2.05) is 0 Å². The van der Waals surface area contributed by atoms with Crippen LogP contribution in [0.25, 0.3) is 0 Å². The molecule has 6 rings (SSSR count). The van der Waals surface area contributed by atoms with Gasteiger partial charge in [-0.25, -0.2) is 16.8 Å². The SMILES string of the molecule is C1CCC(P(C2CCCCC2)C2CCCCC2)CC1.C1CCC(P(C2CCCCC2)C2CCCCC2)CC1.O=S(=O)([O-])C(F)(F)F.O=S(=O)([O-])C(F)(F)F.[Pd+2]. The summed E-state index contributed by atoms with van der Waals surface area (Å²) in [6.07, 6.45) is 47.2. The van der Waals surface area contributed by atoms with Crippen molar-refractivity contribution in [3.63, 3.8) is 0 Å². The minimum Gasteiger partial charge on any atom is -0.741 e. The average molecular weight is 965 g/mol. The van der Waals surface area contributed by atoms with Crippen molar-refractivity contribution in [1.29, 1.82) is 0 Å². The monoisotopic (exact) mass is 964 g/mol. The van der Waals surface area contributed by atoms with E-state index in [1.54, 1.807) is 154 Å². The molecule has 6 nitrogen and oxygen atoms in total. The molecule has 0 aromatic carbocycles. The minimum atomic E-state index is -6.09. The molecule has 0 aromatic rings. The summed E-state index contributed by atoms with van der Waals surface area (Å²) in [6, 6.07) is 0. The molecule has 0 spiro atoms. The quantitative estimate of drug-likeness (QED) is 0.0861. The molecule has 6 aliphatic rings. The molecule has 0 aliphatic heterocycles. The fraction of sp³-hybridized carbons (Fsp3) is 1.00. The molecule has 0 amide bonds. The van der Waals surface area contributed by atoms with Gasteiger partial charge < -0.3 is 9.11 Å². The molecule has 0 bridgehead atoms. The summed E-state index contributed by atoms with van der Waals surface area (Å²) in [6.45, 7) is 0. The van der Waals surface area contributed by atoms with E-state index in [4.69, 9.17) is 25.9 Å². The van der Waals surface area contributed by atoms with E-state index >= 15 is 0 Å². The second kappa shape index (κ2) is 25.6. The van der Waals surface area contributed by atoms with E-state index in [0.717, 1.165) is 0 Å². The largest absolute Gasteiger partial charge is 2.00 e. The number of hydrogen-bond donors (Lipinski definition) is 0. The molecule has 0 atom stereocenters. The Balaban J connectivity index is 0.000000273. The first-order valence-electron chi connectivity index (χ1n) is 21.0. The number of alkyl halides is 6.